The second kappa shape index (κ2) is 5.46. The Morgan fingerprint density at radius 1 is 1.00 bits per heavy atom. The fraction of sp³-hybridized carbons (Fsp3) is 0.211. The first-order chi connectivity index (χ1) is 9.74. The summed E-state index contributed by atoms with van der Waals surface area (Å²) < 4.78 is 0. The van der Waals surface area contributed by atoms with Gasteiger partial charge in [0.05, 0.1) is 0 Å². The number of carbonyl (C=O) groups is 1. The molecule has 0 saturated heterocycles. The second-order valence-corrected chi connectivity index (χ2v) is 5.46. The molecule has 20 heavy (non-hydrogen) atoms. The van der Waals surface area contributed by atoms with E-state index in [1.165, 1.54) is 27.8 Å². The van der Waals surface area contributed by atoms with Crippen LogP contribution in [-0.2, 0) is 17.6 Å². The van der Waals surface area contributed by atoms with E-state index in [2.05, 4.69) is 48.5 Å². The van der Waals surface area contributed by atoms with Crippen LogP contribution in [0.4, 0.5) is 0 Å². The lowest BCUT2D eigenvalue weighted by atomic mass is 9.97. The highest BCUT2D eigenvalue weighted by molar-refractivity contribution is 5.92. The van der Waals surface area contributed by atoms with E-state index in [1.54, 1.807) is 6.92 Å². The number of hydrogen-bond acceptors (Lipinski definition) is 1. The van der Waals surface area contributed by atoms with E-state index in [1.807, 2.05) is 6.07 Å². The zero-order valence-corrected chi connectivity index (χ0v) is 11.7. The first-order valence-corrected chi connectivity index (χ1v) is 7.06. The molecule has 1 heteroatoms. The van der Waals surface area contributed by atoms with Gasteiger partial charge in [0.15, 0.2) is 0 Å². The summed E-state index contributed by atoms with van der Waals surface area (Å²) in [5.41, 5.74) is 6.59. The molecule has 0 aromatic heterocycles. The highest BCUT2D eigenvalue weighted by Gasteiger charge is 2.21. The van der Waals surface area contributed by atoms with E-state index in [-0.39, 0.29) is 5.78 Å². The van der Waals surface area contributed by atoms with Crippen molar-refractivity contribution in [1.29, 1.82) is 0 Å². The van der Waals surface area contributed by atoms with Crippen LogP contribution in [0.25, 0.3) is 5.57 Å². The van der Waals surface area contributed by atoms with Gasteiger partial charge in [-0.25, -0.2) is 0 Å². The lowest BCUT2D eigenvalue weighted by Gasteiger charge is -2.07. The molecular weight excluding hydrogens is 244 g/mol. The molecule has 0 unspecified atom stereocenters. The third-order valence-electron chi connectivity index (χ3n) is 3.86. The van der Waals surface area contributed by atoms with E-state index in [4.69, 9.17) is 0 Å². The lowest BCUT2D eigenvalue weighted by molar-refractivity contribution is -0.116. The van der Waals surface area contributed by atoms with Crippen molar-refractivity contribution in [2.75, 3.05) is 0 Å². The smallest absolute Gasteiger partial charge is 0.134 e. The molecule has 1 aliphatic rings. The van der Waals surface area contributed by atoms with Gasteiger partial charge in [0.1, 0.15) is 5.78 Å². The predicted molar refractivity (Wildman–Crippen MR) is 82.5 cm³/mol. The average Bonchev–Trinajstić information content (AvgIpc) is 2.78. The molecule has 0 saturated carbocycles. The molecule has 0 aliphatic heterocycles. The summed E-state index contributed by atoms with van der Waals surface area (Å²) in [4.78, 5) is 11.6. The van der Waals surface area contributed by atoms with Gasteiger partial charge in [-0.1, -0.05) is 60.2 Å². The zero-order chi connectivity index (χ0) is 13.9. The minimum atomic E-state index is 0.238. The van der Waals surface area contributed by atoms with Crippen molar-refractivity contribution < 1.29 is 4.79 Å². The van der Waals surface area contributed by atoms with Crippen LogP contribution in [-0.4, -0.2) is 5.78 Å². The number of ketones is 1. The molecule has 0 radical (unpaired) electrons. The Bertz CT molecular complexity index is 665. The molecule has 0 N–H and O–H groups in total. The zero-order valence-electron chi connectivity index (χ0n) is 11.7. The molecule has 1 aliphatic carbocycles. The monoisotopic (exact) mass is 262 g/mol. The van der Waals surface area contributed by atoms with E-state index in [0.717, 1.165) is 12.8 Å². The molecule has 0 fully saturated rings. The lowest BCUT2D eigenvalue weighted by Crippen LogP contribution is -1.96. The van der Waals surface area contributed by atoms with Gasteiger partial charge < -0.3 is 0 Å². The molecule has 2 aromatic carbocycles. The molecular formula is C19H18O. The number of benzene rings is 2. The quantitative estimate of drug-likeness (QED) is 0.806. The number of allylic oxidation sites excluding steroid dienone is 2. The second-order valence-electron chi connectivity index (χ2n) is 5.46. The van der Waals surface area contributed by atoms with Gasteiger partial charge in [-0.3, -0.25) is 4.79 Å². The molecule has 0 heterocycles. The number of fused-ring (bicyclic) bond motifs is 1. The Kier molecular flexibility index (Phi) is 3.51. The van der Waals surface area contributed by atoms with Crippen LogP contribution in [0, 0.1) is 0 Å². The van der Waals surface area contributed by atoms with Crippen molar-refractivity contribution in [2.24, 2.45) is 0 Å². The van der Waals surface area contributed by atoms with Crippen LogP contribution in [0.15, 0.2) is 60.2 Å². The highest BCUT2D eigenvalue weighted by atomic mass is 16.1. The van der Waals surface area contributed by atoms with E-state index < -0.39 is 0 Å². The van der Waals surface area contributed by atoms with Gasteiger partial charge in [0.2, 0.25) is 0 Å². The number of carbonyl (C=O) groups excluding carboxylic acids is 1. The molecule has 0 spiro atoms. The van der Waals surface area contributed by atoms with Crippen molar-refractivity contribution in [1.82, 2.24) is 0 Å². The predicted octanol–water partition coefficient (Wildman–Crippen LogP) is 4.22. The highest BCUT2D eigenvalue weighted by Crippen LogP contribution is 2.36. The molecule has 2 aromatic rings. The molecule has 3 rings (SSSR count). The fourth-order valence-corrected chi connectivity index (χ4v) is 2.98. The van der Waals surface area contributed by atoms with Crippen molar-refractivity contribution in [3.05, 3.63) is 76.9 Å². The van der Waals surface area contributed by atoms with E-state index in [0.29, 0.717) is 6.42 Å². The summed E-state index contributed by atoms with van der Waals surface area (Å²) in [6.07, 6.45) is 2.48. The van der Waals surface area contributed by atoms with E-state index in [9.17, 15) is 4.79 Å². The van der Waals surface area contributed by atoms with Crippen LogP contribution < -0.4 is 0 Å². The number of rotatable bonds is 4. The molecule has 0 bridgehead atoms. The van der Waals surface area contributed by atoms with Gasteiger partial charge in [-0.05, 0) is 42.0 Å². The Morgan fingerprint density at radius 3 is 2.45 bits per heavy atom. The third-order valence-corrected chi connectivity index (χ3v) is 3.86. The Labute approximate surface area is 120 Å². The number of Topliss-reactive ketones (excluding diaryl/α,β-unsaturated/α-hetero) is 1. The minimum absolute atomic E-state index is 0.238. The van der Waals surface area contributed by atoms with Crippen LogP contribution in [0.5, 0.6) is 0 Å². The maximum Gasteiger partial charge on any atom is 0.134 e. The van der Waals surface area contributed by atoms with Crippen LogP contribution >= 0.6 is 0 Å². The van der Waals surface area contributed by atoms with Gasteiger partial charge >= 0.3 is 0 Å². The van der Waals surface area contributed by atoms with Crippen molar-refractivity contribution in [3.63, 3.8) is 0 Å². The Morgan fingerprint density at radius 2 is 1.70 bits per heavy atom. The van der Waals surface area contributed by atoms with Crippen molar-refractivity contribution in [2.45, 2.75) is 26.2 Å². The molecule has 0 atom stereocenters. The molecule has 100 valence electrons. The summed E-state index contributed by atoms with van der Waals surface area (Å²) in [7, 11) is 0. The topological polar surface area (TPSA) is 17.1 Å². The summed E-state index contributed by atoms with van der Waals surface area (Å²) in [6, 6.07) is 18.9. The van der Waals surface area contributed by atoms with Gasteiger partial charge in [-0.2, -0.15) is 0 Å². The van der Waals surface area contributed by atoms with Crippen molar-refractivity contribution in [3.8, 4) is 0 Å². The first kappa shape index (κ1) is 12.9. The maximum atomic E-state index is 11.6. The summed E-state index contributed by atoms with van der Waals surface area (Å²) in [5, 5.41) is 0. The van der Waals surface area contributed by atoms with Crippen LogP contribution in [0.1, 0.15) is 30.0 Å². The normalized spacial score (nSPS) is 13.4. The first-order valence-electron chi connectivity index (χ1n) is 7.06. The minimum Gasteiger partial charge on any atom is -0.300 e. The van der Waals surface area contributed by atoms with Gasteiger partial charge in [-0.15, -0.1) is 0 Å². The fourth-order valence-electron chi connectivity index (χ4n) is 2.98. The Hall–Kier alpha value is -2.15. The third kappa shape index (κ3) is 2.57. The van der Waals surface area contributed by atoms with Gasteiger partial charge in [0, 0.05) is 6.42 Å². The molecule has 1 nitrogen and oxygen atoms in total. The van der Waals surface area contributed by atoms with Crippen LogP contribution in [0.3, 0.4) is 0 Å². The Balaban J connectivity index is 1.96. The van der Waals surface area contributed by atoms with Crippen molar-refractivity contribution >= 4 is 11.4 Å². The SMILES string of the molecule is CC(=O)CC1=C(Cc2ccccc2)Cc2ccccc21. The summed E-state index contributed by atoms with van der Waals surface area (Å²) in [5.74, 6) is 0.238. The largest absolute Gasteiger partial charge is 0.300 e. The summed E-state index contributed by atoms with van der Waals surface area (Å²) in [6.45, 7) is 1.67. The van der Waals surface area contributed by atoms with Gasteiger partial charge in [0.25, 0.3) is 0 Å². The van der Waals surface area contributed by atoms with Crippen LogP contribution in [0.2, 0.25) is 0 Å². The molecule has 0 amide bonds. The standard InChI is InChI=1S/C19H18O/c1-14(20)11-19-17(12-15-7-3-2-4-8-15)13-16-9-5-6-10-18(16)19/h2-10H,11-13H2,1H3. The van der Waals surface area contributed by atoms with E-state index >= 15 is 0 Å². The summed E-state index contributed by atoms with van der Waals surface area (Å²) >= 11 is 0. The maximum absolute atomic E-state index is 11.6. The average molecular weight is 262 g/mol. The number of hydrogen-bond donors (Lipinski definition) is 0.